The molecule has 0 aliphatic carbocycles. The molecule has 2 rings (SSSR count). The molecular weight excluding hydrogens is 316 g/mol. The van der Waals surface area contributed by atoms with Crippen LogP contribution >= 0.6 is 0 Å². The van der Waals surface area contributed by atoms with Crippen molar-refractivity contribution in [2.45, 2.75) is 46.0 Å². The topological polar surface area (TPSA) is 61.3 Å². The van der Waals surface area contributed by atoms with Gasteiger partial charge in [-0.05, 0) is 37.6 Å². The Morgan fingerprint density at radius 3 is 2.28 bits per heavy atom. The van der Waals surface area contributed by atoms with E-state index in [1.165, 1.54) is 38.1 Å². The highest BCUT2D eigenvalue weighted by Crippen LogP contribution is 2.19. The molecule has 2 aromatic rings. The van der Waals surface area contributed by atoms with E-state index in [2.05, 4.69) is 16.9 Å². The van der Waals surface area contributed by atoms with Crippen LogP contribution < -0.4 is 4.74 Å². The third kappa shape index (κ3) is 6.18. The SMILES string of the molecule is CCCCCCCOc1ccc(-c2ncc(C(=O)OCC)cn2)cc1. The number of rotatable bonds is 10. The van der Waals surface area contributed by atoms with E-state index in [1.807, 2.05) is 24.3 Å². The first kappa shape index (κ1) is 18.9. The summed E-state index contributed by atoms with van der Waals surface area (Å²) in [5.74, 6) is 1.01. The van der Waals surface area contributed by atoms with Crippen LogP contribution in [0.3, 0.4) is 0 Å². The summed E-state index contributed by atoms with van der Waals surface area (Å²) in [6, 6.07) is 7.69. The van der Waals surface area contributed by atoms with Gasteiger partial charge in [0.15, 0.2) is 5.82 Å². The minimum atomic E-state index is -0.406. The first-order valence-corrected chi connectivity index (χ1v) is 8.97. The van der Waals surface area contributed by atoms with Crippen LogP contribution in [0.25, 0.3) is 11.4 Å². The van der Waals surface area contributed by atoms with Crippen LogP contribution in [0.1, 0.15) is 56.3 Å². The van der Waals surface area contributed by atoms with Gasteiger partial charge in [-0.25, -0.2) is 14.8 Å². The van der Waals surface area contributed by atoms with Gasteiger partial charge in [-0.3, -0.25) is 0 Å². The van der Waals surface area contributed by atoms with Crippen molar-refractivity contribution in [3.05, 3.63) is 42.2 Å². The highest BCUT2D eigenvalue weighted by atomic mass is 16.5. The van der Waals surface area contributed by atoms with Crippen molar-refractivity contribution < 1.29 is 14.3 Å². The number of unbranched alkanes of at least 4 members (excludes halogenated alkanes) is 4. The number of nitrogens with zero attached hydrogens (tertiary/aromatic N) is 2. The highest BCUT2D eigenvalue weighted by molar-refractivity contribution is 5.88. The summed E-state index contributed by atoms with van der Waals surface area (Å²) in [5, 5.41) is 0. The van der Waals surface area contributed by atoms with E-state index in [0.29, 0.717) is 18.0 Å². The third-order valence-electron chi connectivity index (χ3n) is 3.79. The second kappa shape index (κ2) is 10.4. The molecule has 1 heterocycles. The van der Waals surface area contributed by atoms with Crippen LogP contribution in [0, 0.1) is 0 Å². The van der Waals surface area contributed by atoms with Crippen LogP contribution in [0.5, 0.6) is 5.75 Å². The molecule has 0 unspecified atom stereocenters. The monoisotopic (exact) mass is 342 g/mol. The molecule has 25 heavy (non-hydrogen) atoms. The molecule has 1 aromatic carbocycles. The Balaban J connectivity index is 1.86. The Morgan fingerprint density at radius 2 is 1.64 bits per heavy atom. The number of hydrogen-bond donors (Lipinski definition) is 0. The van der Waals surface area contributed by atoms with Gasteiger partial charge >= 0.3 is 5.97 Å². The molecule has 0 spiro atoms. The number of hydrogen-bond acceptors (Lipinski definition) is 5. The van der Waals surface area contributed by atoms with E-state index in [0.717, 1.165) is 24.3 Å². The summed E-state index contributed by atoms with van der Waals surface area (Å²) >= 11 is 0. The van der Waals surface area contributed by atoms with E-state index in [1.54, 1.807) is 6.92 Å². The van der Waals surface area contributed by atoms with E-state index >= 15 is 0 Å². The molecule has 0 aliphatic rings. The Hall–Kier alpha value is -2.43. The number of esters is 1. The van der Waals surface area contributed by atoms with Crippen LogP contribution in [-0.4, -0.2) is 29.2 Å². The van der Waals surface area contributed by atoms with Gasteiger partial charge in [-0.15, -0.1) is 0 Å². The van der Waals surface area contributed by atoms with Crippen molar-refractivity contribution in [1.29, 1.82) is 0 Å². The number of aromatic nitrogens is 2. The second-order valence-electron chi connectivity index (χ2n) is 5.80. The van der Waals surface area contributed by atoms with Gasteiger partial charge in [0, 0.05) is 18.0 Å². The first-order chi connectivity index (χ1) is 12.2. The molecular formula is C20H26N2O3. The fraction of sp³-hybridized carbons (Fsp3) is 0.450. The highest BCUT2D eigenvalue weighted by Gasteiger charge is 2.08. The second-order valence-corrected chi connectivity index (χ2v) is 5.80. The van der Waals surface area contributed by atoms with Gasteiger partial charge < -0.3 is 9.47 Å². The maximum absolute atomic E-state index is 11.6. The molecule has 0 atom stereocenters. The van der Waals surface area contributed by atoms with Gasteiger partial charge in [-0.1, -0.05) is 32.6 Å². The van der Waals surface area contributed by atoms with Crippen molar-refractivity contribution in [1.82, 2.24) is 9.97 Å². The molecule has 5 nitrogen and oxygen atoms in total. The average Bonchev–Trinajstić information content (AvgIpc) is 2.65. The van der Waals surface area contributed by atoms with Crippen molar-refractivity contribution in [2.75, 3.05) is 13.2 Å². The van der Waals surface area contributed by atoms with Crippen LogP contribution in [0.2, 0.25) is 0 Å². The van der Waals surface area contributed by atoms with Crippen molar-refractivity contribution in [2.24, 2.45) is 0 Å². The minimum absolute atomic E-state index is 0.334. The lowest BCUT2D eigenvalue weighted by Gasteiger charge is -2.07. The third-order valence-corrected chi connectivity index (χ3v) is 3.79. The van der Waals surface area contributed by atoms with E-state index in [4.69, 9.17) is 9.47 Å². The Bertz CT molecular complexity index is 639. The molecule has 0 bridgehead atoms. The molecule has 0 fully saturated rings. The zero-order valence-electron chi connectivity index (χ0n) is 15.0. The van der Waals surface area contributed by atoms with E-state index in [9.17, 15) is 4.79 Å². The van der Waals surface area contributed by atoms with Crippen molar-refractivity contribution in [3.8, 4) is 17.1 Å². The fourth-order valence-corrected chi connectivity index (χ4v) is 2.39. The quantitative estimate of drug-likeness (QED) is 0.464. The lowest BCUT2D eigenvalue weighted by molar-refractivity contribution is 0.0525. The molecule has 0 aliphatic heterocycles. The lowest BCUT2D eigenvalue weighted by atomic mass is 10.2. The average molecular weight is 342 g/mol. The van der Waals surface area contributed by atoms with Gasteiger partial charge in [0.05, 0.1) is 18.8 Å². The zero-order valence-corrected chi connectivity index (χ0v) is 15.0. The Kier molecular flexibility index (Phi) is 7.89. The Labute approximate surface area is 149 Å². The summed E-state index contributed by atoms with van der Waals surface area (Å²) in [6.07, 6.45) is 9.10. The number of benzene rings is 1. The smallest absolute Gasteiger partial charge is 0.341 e. The van der Waals surface area contributed by atoms with Gasteiger partial charge in [0.25, 0.3) is 0 Å². The molecule has 0 amide bonds. The predicted molar refractivity (Wildman–Crippen MR) is 97.7 cm³/mol. The van der Waals surface area contributed by atoms with Crippen LogP contribution in [0.4, 0.5) is 0 Å². The summed E-state index contributed by atoms with van der Waals surface area (Å²) in [4.78, 5) is 20.1. The largest absolute Gasteiger partial charge is 0.494 e. The number of carbonyl (C=O) groups is 1. The standard InChI is InChI=1S/C20H26N2O3/c1-3-5-6-7-8-13-25-18-11-9-16(10-12-18)19-21-14-17(15-22-19)20(23)24-4-2/h9-12,14-15H,3-8,13H2,1-2H3. The van der Waals surface area contributed by atoms with Crippen molar-refractivity contribution >= 4 is 5.97 Å². The van der Waals surface area contributed by atoms with Gasteiger partial charge in [0.1, 0.15) is 5.75 Å². The number of carbonyl (C=O) groups excluding carboxylic acids is 1. The molecule has 5 heteroatoms. The summed E-state index contributed by atoms with van der Waals surface area (Å²) in [7, 11) is 0. The molecule has 0 N–H and O–H groups in total. The molecule has 1 aromatic heterocycles. The maximum atomic E-state index is 11.6. The maximum Gasteiger partial charge on any atom is 0.341 e. The van der Waals surface area contributed by atoms with Gasteiger partial charge in [-0.2, -0.15) is 0 Å². The molecule has 0 radical (unpaired) electrons. The fourth-order valence-electron chi connectivity index (χ4n) is 2.39. The zero-order chi connectivity index (χ0) is 17.9. The minimum Gasteiger partial charge on any atom is -0.494 e. The predicted octanol–water partition coefficient (Wildman–Crippen LogP) is 4.67. The molecule has 134 valence electrons. The normalized spacial score (nSPS) is 10.5. The van der Waals surface area contributed by atoms with E-state index in [-0.39, 0.29) is 0 Å². The van der Waals surface area contributed by atoms with Crippen LogP contribution in [-0.2, 0) is 4.74 Å². The summed E-state index contributed by atoms with van der Waals surface area (Å²) < 4.78 is 10.7. The number of ether oxygens (including phenoxy) is 2. The Morgan fingerprint density at radius 1 is 0.960 bits per heavy atom. The van der Waals surface area contributed by atoms with Crippen molar-refractivity contribution in [3.63, 3.8) is 0 Å². The molecule has 0 saturated heterocycles. The van der Waals surface area contributed by atoms with E-state index < -0.39 is 5.97 Å². The lowest BCUT2D eigenvalue weighted by Crippen LogP contribution is -2.06. The summed E-state index contributed by atoms with van der Waals surface area (Å²) in [5.41, 5.74) is 1.24. The molecule has 0 saturated carbocycles. The summed E-state index contributed by atoms with van der Waals surface area (Å²) in [6.45, 7) is 5.06. The van der Waals surface area contributed by atoms with Crippen LogP contribution in [0.15, 0.2) is 36.7 Å². The first-order valence-electron chi connectivity index (χ1n) is 8.97. The van der Waals surface area contributed by atoms with Gasteiger partial charge in [0.2, 0.25) is 0 Å².